The van der Waals surface area contributed by atoms with Gasteiger partial charge in [-0.3, -0.25) is 14.2 Å². The smallest absolute Gasteiger partial charge is 0.262 e. The molecule has 7 heteroatoms. The van der Waals surface area contributed by atoms with E-state index in [0.717, 1.165) is 25.9 Å². The van der Waals surface area contributed by atoms with Gasteiger partial charge < -0.3 is 10.1 Å². The van der Waals surface area contributed by atoms with E-state index in [4.69, 9.17) is 9.72 Å². The third-order valence-corrected chi connectivity index (χ3v) is 6.39. The maximum atomic E-state index is 13.4. The van der Waals surface area contributed by atoms with Crippen LogP contribution in [0.1, 0.15) is 42.1 Å². The first-order chi connectivity index (χ1) is 15.2. The molecule has 6 nitrogen and oxygen atoms in total. The zero-order chi connectivity index (χ0) is 21.6. The van der Waals surface area contributed by atoms with Crippen LogP contribution in [0.3, 0.4) is 0 Å². The summed E-state index contributed by atoms with van der Waals surface area (Å²) >= 11 is 1.54. The van der Waals surface area contributed by atoms with Crippen molar-refractivity contribution in [2.45, 2.75) is 49.7 Å². The molecule has 1 atom stereocenters. The number of hydrogen-bond donors (Lipinski definition) is 1. The minimum atomic E-state index is -0.146. The third kappa shape index (κ3) is 5.17. The second kappa shape index (κ2) is 10.1. The van der Waals surface area contributed by atoms with Crippen molar-refractivity contribution in [1.29, 1.82) is 0 Å². The second-order valence-corrected chi connectivity index (χ2v) is 8.65. The van der Waals surface area contributed by atoms with Gasteiger partial charge in [0.15, 0.2) is 5.16 Å². The van der Waals surface area contributed by atoms with Gasteiger partial charge in [-0.05, 0) is 43.0 Å². The molecule has 2 aromatic carbocycles. The molecule has 1 amide bonds. The Morgan fingerprint density at radius 2 is 2.10 bits per heavy atom. The largest absolute Gasteiger partial charge is 0.376 e. The average molecular weight is 438 g/mol. The van der Waals surface area contributed by atoms with Gasteiger partial charge in [-0.15, -0.1) is 0 Å². The monoisotopic (exact) mass is 437 g/mol. The van der Waals surface area contributed by atoms with Crippen LogP contribution in [0.25, 0.3) is 10.9 Å². The molecule has 4 rings (SSSR count). The molecule has 1 aliphatic rings. The van der Waals surface area contributed by atoms with Gasteiger partial charge in [0.05, 0.1) is 23.6 Å². The molecule has 1 aromatic heterocycles. The molecule has 0 aliphatic carbocycles. The first-order valence-electron chi connectivity index (χ1n) is 10.8. The van der Waals surface area contributed by atoms with Crippen LogP contribution in [0.5, 0.6) is 0 Å². The summed E-state index contributed by atoms with van der Waals surface area (Å²) in [5.74, 6) is 0.564. The third-order valence-electron chi connectivity index (χ3n) is 5.34. The number of nitrogens with zero attached hydrogens (tertiary/aromatic N) is 2. The van der Waals surface area contributed by atoms with Crippen molar-refractivity contribution >= 4 is 28.6 Å². The summed E-state index contributed by atoms with van der Waals surface area (Å²) in [6.45, 7) is 3.86. The second-order valence-electron chi connectivity index (χ2n) is 7.71. The minimum absolute atomic E-state index is 0.0344. The van der Waals surface area contributed by atoms with Crippen LogP contribution >= 0.6 is 11.8 Å². The minimum Gasteiger partial charge on any atom is -0.376 e. The van der Waals surface area contributed by atoms with Crippen LogP contribution in [-0.2, 0) is 17.0 Å². The van der Waals surface area contributed by atoms with E-state index in [2.05, 4.69) is 17.4 Å². The number of thioether (sulfide) groups is 1. The standard InChI is InChI=1S/C24H27N3O3S/c1-2-12-25-22(28)18-10-11-20-21(14-18)26-24(31-16-17-7-4-3-5-8-17)27(23(20)29)15-19-9-6-13-30-19/h3-5,7-8,10-11,14,19H,2,6,9,12-13,15-16H2,1H3,(H,25,28). The van der Waals surface area contributed by atoms with Crippen molar-refractivity contribution in [3.8, 4) is 0 Å². The highest BCUT2D eigenvalue weighted by Gasteiger charge is 2.21. The summed E-state index contributed by atoms with van der Waals surface area (Å²) in [5.41, 5.74) is 2.15. The lowest BCUT2D eigenvalue weighted by molar-refractivity contribution is 0.0937. The number of carbonyl (C=O) groups is 1. The van der Waals surface area contributed by atoms with Crippen molar-refractivity contribution in [1.82, 2.24) is 14.9 Å². The van der Waals surface area contributed by atoms with Gasteiger partial charge in [-0.2, -0.15) is 0 Å². The van der Waals surface area contributed by atoms with Gasteiger partial charge in [0.25, 0.3) is 11.5 Å². The molecule has 1 saturated heterocycles. The molecule has 162 valence electrons. The normalized spacial score (nSPS) is 16.0. The fraction of sp³-hybridized carbons (Fsp3) is 0.375. The Morgan fingerprint density at radius 1 is 1.26 bits per heavy atom. The van der Waals surface area contributed by atoms with Gasteiger partial charge in [0.2, 0.25) is 0 Å². The highest BCUT2D eigenvalue weighted by atomic mass is 32.2. The maximum absolute atomic E-state index is 13.4. The van der Waals surface area contributed by atoms with Gasteiger partial charge in [0, 0.05) is 24.5 Å². The molecule has 1 N–H and O–H groups in total. The molecule has 3 aromatic rings. The van der Waals surface area contributed by atoms with E-state index in [1.807, 2.05) is 25.1 Å². The average Bonchev–Trinajstić information content (AvgIpc) is 3.32. The van der Waals surface area contributed by atoms with E-state index >= 15 is 0 Å². The molecule has 0 bridgehead atoms. The van der Waals surface area contributed by atoms with Crippen LogP contribution < -0.4 is 10.9 Å². The SMILES string of the molecule is CCCNC(=O)c1ccc2c(=O)n(CC3CCCO3)c(SCc3ccccc3)nc2c1. The predicted octanol–water partition coefficient (Wildman–Crippen LogP) is 4.01. The van der Waals surface area contributed by atoms with Crippen molar-refractivity contribution in [2.75, 3.05) is 13.2 Å². The Bertz CT molecular complexity index is 1110. The molecule has 31 heavy (non-hydrogen) atoms. The van der Waals surface area contributed by atoms with Crippen molar-refractivity contribution in [3.63, 3.8) is 0 Å². The zero-order valence-electron chi connectivity index (χ0n) is 17.7. The number of rotatable bonds is 8. The van der Waals surface area contributed by atoms with Gasteiger partial charge in [-0.1, -0.05) is 49.0 Å². The lowest BCUT2D eigenvalue weighted by Crippen LogP contribution is -2.29. The molecule has 1 unspecified atom stereocenters. The topological polar surface area (TPSA) is 73.2 Å². The van der Waals surface area contributed by atoms with Crippen molar-refractivity contribution < 1.29 is 9.53 Å². The first-order valence-corrected chi connectivity index (χ1v) is 11.8. The quantitative estimate of drug-likeness (QED) is 0.426. The van der Waals surface area contributed by atoms with Crippen LogP contribution in [-0.4, -0.2) is 34.7 Å². The Balaban J connectivity index is 1.70. The van der Waals surface area contributed by atoms with E-state index in [0.29, 0.717) is 40.5 Å². The first kappa shape index (κ1) is 21.6. The highest BCUT2D eigenvalue weighted by molar-refractivity contribution is 7.98. The van der Waals surface area contributed by atoms with E-state index < -0.39 is 0 Å². The summed E-state index contributed by atoms with van der Waals surface area (Å²) in [6, 6.07) is 15.2. The van der Waals surface area contributed by atoms with Crippen LogP contribution in [0.15, 0.2) is 58.5 Å². The summed E-state index contributed by atoms with van der Waals surface area (Å²) in [5, 5.41) is 4.05. The Labute approximate surface area is 186 Å². The van der Waals surface area contributed by atoms with Crippen molar-refractivity contribution in [3.05, 3.63) is 70.0 Å². The molecule has 0 spiro atoms. The summed E-state index contributed by atoms with van der Waals surface area (Å²) in [7, 11) is 0. The molecule has 1 aliphatic heterocycles. The summed E-state index contributed by atoms with van der Waals surface area (Å²) < 4.78 is 7.52. The van der Waals surface area contributed by atoms with Crippen LogP contribution in [0, 0.1) is 0 Å². The fourth-order valence-electron chi connectivity index (χ4n) is 3.67. The highest BCUT2D eigenvalue weighted by Crippen LogP contribution is 2.24. The lowest BCUT2D eigenvalue weighted by Gasteiger charge is -2.17. The van der Waals surface area contributed by atoms with E-state index in [1.54, 1.807) is 22.8 Å². The lowest BCUT2D eigenvalue weighted by atomic mass is 10.1. The number of aromatic nitrogens is 2. The number of amides is 1. The Kier molecular flexibility index (Phi) is 7.04. The number of ether oxygens (including phenoxy) is 1. The van der Waals surface area contributed by atoms with Crippen LogP contribution in [0.4, 0.5) is 0 Å². The summed E-state index contributed by atoms with van der Waals surface area (Å²) in [6.07, 6.45) is 2.87. The van der Waals surface area contributed by atoms with Gasteiger partial charge in [-0.25, -0.2) is 4.98 Å². The zero-order valence-corrected chi connectivity index (χ0v) is 18.5. The van der Waals surface area contributed by atoms with Gasteiger partial charge in [0.1, 0.15) is 0 Å². The molecule has 2 heterocycles. The van der Waals surface area contributed by atoms with E-state index in [1.165, 1.54) is 17.3 Å². The molecular formula is C24H27N3O3S. The number of carbonyl (C=O) groups excluding carboxylic acids is 1. The van der Waals surface area contributed by atoms with E-state index in [-0.39, 0.29) is 17.6 Å². The molecule has 0 radical (unpaired) electrons. The molecule has 0 saturated carbocycles. The Hall–Kier alpha value is -2.64. The summed E-state index contributed by atoms with van der Waals surface area (Å²) in [4.78, 5) is 30.5. The molecule has 1 fully saturated rings. The van der Waals surface area contributed by atoms with Crippen LogP contribution in [0.2, 0.25) is 0 Å². The number of hydrogen-bond acceptors (Lipinski definition) is 5. The fourth-order valence-corrected chi connectivity index (χ4v) is 4.63. The van der Waals surface area contributed by atoms with Crippen molar-refractivity contribution in [2.24, 2.45) is 0 Å². The number of nitrogens with one attached hydrogen (secondary N) is 1. The Morgan fingerprint density at radius 3 is 2.84 bits per heavy atom. The number of benzene rings is 2. The maximum Gasteiger partial charge on any atom is 0.262 e. The molecular weight excluding hydrogens is 410 g/mol. The van der Waals surface area contributed by atoms with Gasteiger partial charge >= 0.3 is 0 Å². The predicted molar refractivity (Wildman–Crippen MR) is 124 cm³/mol. The number of fused-ring (bicyclic) bond motifs is 1. The van der Waals surface area contributed by atoms with E-state index in [9.17, 15) is 9.59 Å².